The van der Waals surface area contributed by atoms with Crippen LogP contribution in [0.2, 0.25) is 5.02 Å². The number of benzene rings is 2. The van der Waals surface area contributed by atoms with Gasteiger partial charge < -0.3 is 0 Å². The Labute approximate surface area is 112 Å². The Bertz CT molecular complexity index is 562. The summed E-state index contributed by atoms with van der Waals surface area (Å²) >= 11 is 6.06. The third kappa shape index (κ3) is 3.11. The monoisotopic (exact) mass is 258 g/mol. The maximum Gasteiger partial charge on any atom is 0.0648 e. The van der Waals surface area contributed by atoms with Gasteiger partial charge in [0.25, 0.3) is 0 Å². The number of halogens is 1. The lowest BCUT2D eigenvalue weighted by atomic mass is 10.1. The average molecular weight is 259 g/mol. The minimum atomic E-state index is 0.743. The van der Waals surface area contributed by atoms with Crippen molar-refractivity contribution >= 4 is 23.0 Å². The van der Waals surface area contributed by atoms with Crippen molar-refractivity contribution in [2.75, 3.05) is 5.43 Å². The molecule has 0 saturated heterocycles. The van der Waals surface area contributed by atoms with Crippen LogP contribution in [0.1, 0.15) is 18.1 Å². The van der Waals surface area contributed by atoms with Crippen LogP contribution in [0.3, 0.4) is 0 Å². The van der Waals surface area contributed by atoms with Gasteiger partial charge in [0, 0.05) is 5.02 Å². The first-order chi connectivity index (χ1) is 8.66. The van der Waals surface area contributed by atoms with Crippen molar-refractivity contribution in [3.8, 4) is 0 Å². The quantitative estimate of drug-likeness (QED) is 0.637. The zero-order valence-corrected chi connectivity index (χ0v) is 11.2. The van der Waals surface area contributed by atoms with E-state index in [1.807, 2.05) is 62.4 Å². The second-order valence-electron chi connectivity index (χ2n) is 4.14. The standard InChI is InChI=1S/C15H15ClN2/c1-11-8-9-14(10-15(11)16)18-17-12(2)13-6-4-3-5-7-13/h3-10,18H,1-2H3/b17-12+. The highest BCUT2D eigenvalue weighted by Gasteiger charge is 1.98. The zero-order valence-electron chi connectivity index (χ0n) is 10.4. The van der Waals surface area contributed by atoms with Gasteiger partial charge in [-0.3, -0.25) is 5.43 Å². The average Bonchev–Trinajstić information content (AvgIpc) is 2.41. The molecule has 0 heterocycles. The summed E-state index contributed by atoms with van der Waals surface area (Å²) in [6.45, 7) is 3.95. The highest BCUT2D eigenvalue weighted by atomic mass is 35.5. The van der Waals surface area contributed by atoms with Crippen molar-refractivity contribution < 1.29 is 0 Å². The number of aryl methyl sites for hydroxylation is 1. The molecule has 2 rings (SSSR count). The van der Waals surface area contributed by atoms with Crippen molar-refractivity contribution in [2.24, 2.45) is 5.10 Å². The lowest BCUT2D eigenvalue weighted by molar-refractivity contribution is 1.31. The lowest BCUT2D eigenvalue weighted by Crippen LogP contribution is -1.99. The first-order valence-corrected chi connectivity index (χ1v) is 6.16. The molecular formula is C15H15ClN2. The molecule has 3 heteroatoms. The minimum absolute atomic E-state index is 0.743. The Morgan fingerprint density at radius 1 is 1.11 bits per heavy atom. The minimum Gasteiger partial charge on any atom is -0.278 e. The van der Waals surface area contributed by atoms with Gasteiger partial charge in [-0.25, -0.2) is 0 Å². The predicted octanol–water partition coefficient (Wildman–Crippen LogP) is 4.48. The number of anilines is 1. The number of rotatable bonds is 3. The first-order valence-electron chi connectivity index (χ1n) is 5.78. The Morgan fingerprint density at radius 3 is 2.50 bits per heavy atom. The van der Waals surface area contributed by atoms with E-state index in [1.54, 1.807) is 0 Å². The number of nitrogens with zero attached hydrogens (tertiary/aromatic N) is 1. The Kier molecular flexibility index (Phi) is 4.00. The molecule has 0 aliphatic carbocycles. The number of hydrogen-bond acceptors (Lipinski definition) is 2. The molecule has 0 fully saturated rings. The van der Waals surface area contributed by atoms with Crippen LogP contribution < -0.4 is 5.43 Å². The normalized spacial score (nSPS) is 11.4. The van der Waals surface area contributed by atoms with Gasteiger partial charge in [-0.2, -0.15) is 5.10 Å². The molecular weight excluding hydrogens is 244 g/mol. The van der Waals surface area contributed by atoms with Gasteiger partial charge in [-0.05, 0) is 37.1 Å². The van der Waals surface area contributed by atoms with Gasteiger partial charge in [-0.1, -0.05) is 48.0 Å². The zero-order chi connectivity index (χ0) is 13.0. The Hall–Kier alpha value is -1.80. The topological polar surface area (TPSA) is 24.4 Å². The number of nitrogens with one attached hydrogen (secondary N) is 1. The fourth-order valence-electron chi connectivity index (χ4n) is 1.55. The van der Waals surface area contributed by atoms with Gasteiger partial charge in [0.15, 0.2) is 0 Å². The van der Waals surface area contributed by atoms with Crippen LogP contribution in [-0.4, -0.2) is 5.71 Å². The van der Waals surface area contributed by atoms with Crippen molar-refractivity contribution in [1.82, 2.24) is 0 Å². The smallest absolute Gasteiger partial charge is 0.0648 e. The van der Waals surface area contributed by atoms with Gasteiger partial charge in [0.1, 0.15) is 0 Å². The van der Waals surface area contributed by atoms with Gasteiger partial charge in [0.2, 0.25) is 0 Å². The highest BCUT2D eigenvalue weighted by molar-refractivity contribution is 6.31. The molecule has 18 heavy (non-hydrogen) atoms. The maximum absolute atomic E-state index is 6.06. The van der Waals surface area contributed by atoms with Crippen LogP contribution in [0, 0.1) is 6.92 Å². The van der Waals surface area contributed by atoms with E-state index >= 15 is 0 Å². The molecule has 0 amide bonds. The SMILES string of the molecule is C/C(=N\Nc1ccc(C)c(Cl)c1)c1ccccc1. The van der Waals surface area contributed by atoms with Gasteiger partial charge in [0.05, 0.1) is 11.4 Å². The summed E-state index contributed by atoms with van der Waals surface area (Å²) in [5.74, 6) is 0. The van der Waals surface area contributed by atoms with Crippen LogP contribution in [0.4, 0.5) is 5.69 Å². The summed E-state index contributed by atoms with van der Waals surface area (Å²) in [6.07, 6.45) is 0. The van der Waals surface area contributed by atoms with E-state index in [1.165, 1.54) is 0 Å². The maximum atomic E-state index is 6.06. The Balaban J connectivity index is 2.13. The molecule has 0 saturated carbocycles. The van der Waals surface area contributed by atoms with Crippen LogP contribution in [0.25, 0.3) is 0 Å². The van der Waals surface area contributed by atoms with E-state index in [4.69, 9.17) is 11.6 Å². The summed E-state index contributed by atoms with van der Waals surface area (Å²) in [5.41, 5.74) is 7.00. The molecule has 92 valence electrons. The van der Waals surface area contributed by atoms with Gasteiger partial charge >= 0.3 is 0 Å². The molecule has 0 radical (unpaired) electrons. The van der Waals surface area contributed by atoms with Crippen molar-refractivity contribution in [3.63, 3.8) is 0 Å². The molecule has 2 nitrogen and oxygen atoms in total. The van der Waals surface area contributed by atoms with Crippen LogP contribution >= 0.6 is 11.6 Å². The third-order valence-corrected chi connectivity index (χ3v) is 3.12. The van der Waals surface area contributed by atoms with E-state index in [9.17, 15) is 0 Å². The lowest BCUT2D eigenvalue weighted by Gasteiger charge is -2.05. The summed E-state index contributed by atoms with van der Waals surface area (Å²) in [6, 6.07) is 15.9. The molecule has 0 unspecified atom stereocenters. The number of hydrogen-bond donors (Lipinski definition) is 1. The molecule has 0 bridgehead atoms. The van der Waals surface area contributed by atoms with Crippen molar-refractivity contribution in [1.29, 1.82) is 0 Å². The van der Waals surface area contributed by atoms with Crippen LogP contribution in [-0.2, 0) is 0 Å². The molecule has 0 aliphatic rings. The van der Waals surface area contributed by atoms with Crippen LogP contribution in [0.5, 0.6) is 0 Å². The summed E-state index contributed by atoms with van der Waals surface area (Å²) < 4.78 is 0. The molecule has 0 atom stereocenters. The largest absolute Gasteiger partial charge is 0.278 e. The van der Waals surface area contributed by atoms with E-state index in [2.05, 4.69) is 10.5 Å². The highest BCUT2D eigenvalue weighted by Crippen LogP contribution is 2.20. The van der Waals surface area contributed by atoms with E-state index in [-0.39, 0.29) is 0 Å². The molecule has 1 N–H and O–H groups in total. The fraction of sp³-hybridized carbons (Fsp3) is 0.133. The summed E-state index contributed by atoms with van der Waals surface area (Å²) in [5, 5.41) is 5.09. The van der Waals surface area contributed by atoms with Crippen LogP contribution in [0.15, 0.2) is 53.6 Å². The summed E-state index contributed by atoms with van der Waals surface area (Å²) in [4.78, 5) is 0. The van der Waals surface area contributed by atoms with Crippen molar-refractivity contribution in [3.05, 3.63) is 64.7 Å². The van der Waals surface area contributed by atoms with Crippen molar-refractivity contribution in [2.45, 2.75) is 13.8 Å². The molecule has 2 aromatic carbocycles. The molecule has 0 spiro atoms. The third-order valence-electron chi connectivity index (χ3n) is 2.72. The molecule has 2 aromatic rings. The molecule has 0 aliphatic heterocycles. The van der Waals surface area contributed by atoms with E-state index in [0.717, 1.165) is 27.5 Å². The fourth-order valence-corrected chi connectivity index (χ4v) is 1.74. The summed E-state index contributed by atoms with van der Waals surface area (Å²) in [7, 11) is 0. The van der Waals surface area contributed by atoms with Gasteiger partial charge in [-0.15, -0.1) is 0 Å². The second kappa shape index (κ2) is 5.69. The predicted molar refractivity (Wildman–Crippen MR) is 78.5 cm³/mol. The first kappa shape index (κ1) is 12.7. The Morgan fingerprint density at radius 2 is 1.83 bits per heavy atom. The second-order valence-corrected chi connectivity index (χ2v) is 4.55. The van der Waals surface area contributed by atoms with E-state index in [0.29, 0.717) is 0 Å². The molecule has 0 aromatic heterocycles. The van der Waals surface area contributed by atoms with E-state index < -0.39 is 0 Å². The number of hydrazone groups is 1.